The van der Waals surface area contributed by atoms with E-state index in [1.165, 1.54) is 31.8 Å². The Morgan fingerprint density at radius 1 is 0.230 bits per heavy atom. The van der Waals surface area contributed by atoms with Gasteiger partial charge >= 0.3 is 50.4 Å². The van der Waals surface area contributed by atoms with Gasteiger partial charge in [-0.15, -0.1) is 0 Å². The van der Waals surface area contributed by atoms with Crippen LogP contribution in [-0.2, 0) is 30.2 Å². The molecule has 3 aromatic heterocycles. The molecule has 0 aliphatic heterocycles. The van der Waals surface area contributed by atoms with E-state index in [9.17, 15) is 0 Å². The zero-order valence-corrected chi connectivity index (χ0v) is 38.9. The summed E-state index contributed by atoms with van der Waals surface area (Å²) in [5, 5.41) is 8.01. The minimum atomic E-state index is -0.557. The van der Waals surface area contributed by atoms with Gasteiger partial charge in [-0.3, -0.25) is 15.0 Å². The van der Waals surface area contributed by atoms with Crippen LogP contribution in [0.15, 0.2) is 255 Å². The summed E-state index contributed by atoms with van der Waals surface area (Å²) in [6.45, 7) is 0. The molecule has 0 amide bonds. The zero-order chi connectivity index (χ0) is 42.7. The van der Waals surface area contributed by atoms with Crippen molar-refractivity contribution in [3.63, 3.8) is 0 Å². The average molecular weight is 988 g/mol. The summed E-state index contributed by atoms with van der Waals surface area (Å²) in [5.74, 6) is 0. The molecular weight excluding hydrogens is 946 g/mol. The number of halogens is 2. The minimum Gasteiger partial charge on any atom is -0.256 e. The second-order valence-corrected chi connectivity index (χ2v) is 19.1. The standard InChI is InChI=1S/3C17H14NP.2ClH.2Cu/c3*1-3-9-15(10-4-1)19(16-11-5-2-6-12-16)17-13-7-8-14-18-17;;;;/h3*1-14H;2*1H;;/q;;;;;2*+1/p-2. The third-order valence-electron chi connectivity index (χ3n) is 8.72. The van der Waals surface area contributed by atoms with Crippen LogP contribution in [0.2, 0.25) is 0 Å². The van der Waals surface area contributed by atoms with Gasteiger partial charge < -0.3 is 0 Å². The van der Waals surface area contributed by atoms with E-state index in [0.717, 1.165) is 16.3 Å². The molecule has 0 saturated heterocycles. The molecule has 0 unspecified atom stereocenters. The molecule has 3 heterocycles. The van der Waals surface area contributed by atoms with Gasteiger partial charge in [0.1, 0.15) is 0 Å². The molecule has 0 spiro atoms. The predicted molar refractivity (Wildman–Crippen MR) is 261 cm³/mol. The number of rotatable bonds is 9. The Labute approximate surface area is 389 Å². The Bertz CT molecular complexity index is 1890. The van der Waals surface area contributed by atoms with E-state index in [1.54, 1.807) is 0 Å². The van der Waals surface area contributed by atoms with Gasteiger partial charge in [0.05, 0.1) is 16.3 Å². The van der Waals surface area contributed by atoms with Crippen LogP contribution in [0.1, 0.15) is 0 Å². The second kappa shape index (κ2) is 28.3. The SMILES string of the molecule is [Cl][Cu].[Cl][Cu].c1ccc(P(c2ccccc2)c2ccccn2)cc1.c1ccc(P(c2ccccc2)c2ccccn2)cc1.c1ccc(P(c2ccccc2)c2ccccn2)cc1. The summed E-state index contributed by atoms with van der Waals surface area (Å²) in [6.07, 6.45) is 5.61. The van der Waals surface area contributed by atoms with E-state index in [2.05, 4.69) is 284 Å². The Balaban J connectivity index is 0.000000166. The van der Waals surface area contributed by atoms with Crippen LogP contribution in [0.25, 0.3) is 0 Å². The fourth-order valence-electron chi connectivity index (χ4n) is 6.16. The topological polar surface area (TPSA) is 38.7 Å². The second-order valence-electron chi connectivity index (χ2n) is 12.6. The van der Waals surface area contributed by atoms with Gasteiger partial charge in [0, 0.05) is 42.4 Å². The van der Waals surface area contributed by atoms with E-state index < -0.39 is 23.8 Å². The van der Waals surface area contributed by atoms with Gasteiger partial charge in [-0.05, 0) is 68.2 Å². The summed E-state index contributed by atoms with van der Waals surface area (Å²) in [7, 11) is 6.73. The van der Waals surface area contributed by atoms with Crippen LogP contribution in [-0.4, -0.2) is 15.0 Å². The molecule has 0 aliphatic rings. The Kier molecular flexibility index (Phi) is 22.2. The summed E-state index contributed by atoms with van der Waals surface area (Å²) >= 11 is 7.32. The first-order chi connectivity index (χ1) is 30.3. The van der Waals surface area contributed by atoms with Gasteiger partial charge in [-0.25, -0.2) is 0 Å². The van der Waals surface area contributed by atoms with Crippen LogP contribution in [0.3, 0.4) is 0 Å². The molecule has 312 valence electrons. The van der Waals surface area contributed by atoms with Gasteiger partial charge in [0.2, 0.25) is 0 Å². The molecule has 9 rings (SSSR count). The van der Waals surface area contributed by atoms with E-state index in [4.69, 9.17) is 0 Å². The van der Waals surface area contributed by atoms with Crippen LogP contribution in [0, 0.1) is 0 Å². The first-order valence-corrected chi connectivity index (χ1v) is 25.6. The summed E-state index contributed by atoms with van der Waals surface area (Å²) in [4.78, 5) is 13.7. The van der Waals surface area contributed by atoms with Crippen LogP contribution >= 0.6 is 44.0 Å². The molecule has 0 N–H and O–H groups in total. The molecule has 10 heteroatoms. The van der Waals surface area contributed by atoms with E-state index in [0.29, 0.717) is 0 Å². The third-order valence-corrected chi connectivity index (χ3v) is 15.8. The van der Waals surface area contributed by atoms with Crippen molar-refractivity contribution in [2.24, 2.45) is 0 Å². The predicted octanol–water partition coefficient (Wildman–Crippen LogP) is 9.89. The van der Waals surface area contributed by atoms with Gasteiger partial charge in [-0.2, -0.15) is 0 Å². The van der Waals surface area contributed by atoms with Crippen molar-refractivity contribution < 1.29 is 30.2 Å². The van der Waals surface area contributed by atoms with Gasteiger partial charge in [0.15, 0.2) is 0 Å². The van der Waals surface area contributed by atoms with E-state index in [1.807, 2.05) is 36.8 Å². The quantitative estimate of drug-likeness (QED) is 0.107. The monoisotopic (exact) mass is 985 g/mol. The molecule has 9 aromatic rings. The Morgan fingerprint density at radius 2 is 0.393 bits per heavy atom. The summed E-state index contributed by atoms with van der Waals surface area (Å²) in [5.41, 5.74) is 3.44. The fraction of sp³-hybridized carbons (Fsp3) is 0. The Hall–Kier alpha value is -4.32. The summed E-state index contributed by atoms with van der Waals surface area (Å²) in [6, 6.07) is 82.1. The minimum absolute atomic E-state index is 0.557. The number of aromatic nitrogens is 3. The molecule has 0 fully saturated rings. The van der Waals surface area contributed by atoms with Gasteiger partial charge in [0.25, 0.3) is 0 Å². The molecule has 0 bridgehead atoms. The fourth-order valence-corrected chi connectivity index (χ4v) is 12.7. The van der Waals surface area contributed by atoms with Crippen molar-refractivity contribution in [2.45, 2.75) is 0 Å². The van der Waals surface area contributed by atoms with Crippen molar-refractivity contribution in [1.29, 1.82) is 0 Å². The normalized spacial score (nSPS) is 10.1. The molecule has 3 nitrogen and oxygen atoms in total. The molecule has 0 atom stereocenters. The number of nitrogens with zero attached hydrogens (tertiary/aromatic N) is 3. The first kappa shape index (κ1) is 47.7. The maximum absolute atomic E-state index is 4.56. The molecule has 0 radical (unpaired) electrons. The molecule has 0 saturated carbocycles. The molecule has 6 aromatic carbocycles. The Morgan fingerprint density at radius 3 is 0.541 bits per heavy atom. The maximum Gasteiger partial charge on any atom is 0.0720 e. The summed E-state index contributed by atoms with van der Waals surface area (Å²) < 4.78 is 0. The number of benzene rings is 6. The number of hydrogen-bond donors (Lipinski definition) is 0. The maximum atomic E-state index is 4.56. The van der Waals surface area contributed by atoms with E-state index in [-0.39, 0.29) is 0 Å². The number of hydrogen-bond acceptors (Lipinski definition) is 3. The first-order valence-electron chi connectivity index (χ1n) is 19.0. The van der Waals surface area contributed by atoms with Crippen molar-refractivity contribution in [2.75, 3.05) is 0 Å². The third kappa shape index (κ3) is 14.9. The van der Waals surface area contributed by atoms with Gasteiger partial charge in [-0.1, -0.05) is 200 Å². The van der Waals surface area contributed by atoms with Crippen LogP contribution < -0.4 is 48.1 Å². The van der Waals surface area contributed by atoms with Crippen LogP contribution in [0.5, 0.6) is 0 Å². The van der Waals surface area contributed by atoms with Crippen molar-refractivity contribution in [3.05, 3.63) is 255 Å². The van der Waals surface area contributed by atoms with Crippen molar-refractivity contribution >= 4 is 92.1 Å². The largest absolute Gasteiger partial charge is 0.256 e. The van der Waals surface area contributed by atoms with Crippen LogP contribution in [0.4, 0.5) is 0 Å². The van der Waals surface area contributed by atoms with Crippen molar-refractivity contribution in [1.82, 2.24) is 15.0 Å². The number of pyridine rings is 3. The smallest absolute Gasteiger partial charge is 0.0720 e. The average Bonchev–Trinajstić information content (AvgIpc) is 3.37. The zero-order valence-electron chi connectivity index (χ0n) is 32.8. The molecular formula is C51H42Cl2Cu2N3P3. The molecule has 0 aliphatic carbocycles. The van der Waals surface area contributed by atoms with E-state index >= 15 is 0 Å². The van der Waals surface area contributed by atoms with Crippen molar-refractivity contribution in [3.8, 4) is 0 Å². The molecule has 61 heavy (non-hydrogen) atoms.